The average molecular weight is 371 g/mol. The Balaban J connectivity index is 1.72. The third kappa shape index (κ3) is 4.55. The lowest BCUT2D eigenvalue weighted by Gasteiger charge is -2.20. The zero-order valence-electron chi connectivity index (χ0n) is 16.5. The largest absolute Gasteiger partial charge is 0.330 e. The molecule has 0 saturated heterocycles. The molecule has 1 aromatic heterocycles. The molecule has 3 heteroatoms. The molecular weight excluding hydrogens is 336 g/mol. The van der Waals surface area contributed by atoms with Crippen molar-refractivity contribution in [3.63, 3.8) is 0 Å². The first kappa shape index (κ1) is 19.6. The molecule has 3 rings (SSSR count). The van der Waals surface area contributed by atoms with Gasteiger partial charge in [-0.05, 0) is 61.3 Å². The van der Waals surface area contributed by atoms with Gasteiger partial charge < -0.3 is 5.73 Å². The molecule has 1 aliphatic rings. The van der Waals surface area contributed by atoms with Gasteiger partial charge in [-0.2, -0.15) is 0 Å². The minimum Gasteiger partial charge on any atom is -0.330 e. The summed E-state index contributed by atoms with van der Waals surface area (Å²) in [5.74, 6) is 0.506. The Bertz CT molecular complexity index is 704. The van der Waals surface area contributed by atoms with Crippen LogP contribution in [0.3, 0.4) is 0 Å². The van der Waals surface area contributed by atoms with Crippen molar-refractivity contribution in [3.05, 3.63) is 40.0 Å². The number of aryl methyl sites for hydroxylation is 3. The molecule has 1 heterocycles. The van der Waals surface area contributed by atoms with Gasteiger partial charge in [0.2, 0.25) is 0 Å². The second-order valence-corrected chi connectivity index (χ2v) is 8.77. The lowest BCUT2D eigenvalue weighted by molar-refractivity contribution is 0.621. The van der Waals surface area contributed by atoms with E-state index in [2.05, 4.69) is 32.0 Å². The van der Waals surface area contributed by atoms with Crippen molar-refractivity contribution < 1.29 is 0 Å². The predicted molar refractivity (Wildman–Crippen MR) is 114 cm³/mol. The Hall–Kier alpha value is -1.19. The zero-order valence-corrected chi connectivity index (χ0v) is 17.3. The fourth-order valence-corrected chi connectivity index (χ4v) is 5.30. The molecule has 1 aromatic carbocycles. The summed E-state index contributed by atoms with van der Waals surface area (Å²) in [5.41, 5.74) is 11.7. The Kier molecular flexibility index (Phi) is 7.27. The summed E-state index contributed by atoms with van der Waals surface area (Å²) in [6, 6.07) is 7.07. The SMILES string of the molecule is CCCCCCCc1nc2c(s1)-c1ccc(C(CN)CCC)cc1CC2. The highest BCUT2D eigenvalue weighted by atomic mass is 32.1. The van der Waals surface area contributed by atoms with E-state index in [0.29, 0.717) is 5.92 Å². The minimum atomic E-state index is 0.506. The summed E-state index contributed by atoms with van der Waals surface area (Å²) in [6.45, 7) is 5.27. The van der Waals surface area contributed by atoms with E-state index in [4.69, 9.17) is 10.7 Å². The van der Waals surface area contributed by atoms with Crippen LogP contribution < -0.4 is 5.73 Å². The molecule has 2 aromatic rings. The van der Waals surface area contributed by atoms with E-state index in [-0.39, 0.29) is 0 Å². The van der Waals surface area contributed by atoms with Crippen molar-refractivity contribution in [3.8, 4) is 10.4 Å². The number of nitrogens with two attached hydrogens (primary N) is 1. The maximum atomic E-state index is 6.02. The second-order valence-electron chi connectivity index (χ2n) is 7.69. The van der Waals surface area contributed by atoms with Crippen molar-refractivity contribution in [2.45, 2.75) is 84.0 Å². The first-order valence-electron chi connectivity index (χ1n) is 10.6. The van der Waals surface area contributed by atoms with E-state index in [1.165, 1.54) is 77.2 Å². The number of hydrogen-bond acceptors (Lipinski definition) is 3. The van der Waals surface area contributed by atoms with Crippen LogP contribution in [0, 0.1) is 0 Å². The molecule has 0 bridgehead atoms. The Labute approximate surface area is 163 Å². The maximum Gasteiger partial charge on any atom is 0.0934 e. The van der Waals surface area contributed by atoms with Crippen molar-refractivity contribution in [2.75, 3.05) is 6.54 Å². The number of fused-ring (bicyclic) bond motifs is 3. The topological polar surface area (TPSA) is 38.9 Å². The normalized spacial score (nSPS) is 14.1. The second kappa shape index (κ2) is 9.66. The quantitative estimate of drug-likeness (QED) is 0.501. The monoisotopic (exact) mass is 370 g/mol. The summed E-state index contributed by atoms with van der Waals surface area (Å²) in [4.78, 5) is 6.40. The summed E-state index contributed by atoms with van der Waals surface area (Å²) in [6.07, 6.45) is 12.4. The predicted octanol–water partition coefficient (Wildman–Crippen LogP) is 6.26. The van der Waals surface area contributed by atoms with Gasteiger partial charge in [-0.15, -0.1) is 11.3 Å². The van der Waals surface area contributed by atoms with Crippen LogP contribution in [0.15, 0.2) is 18.2 Å². The molecule has 1 unspecified atom stereocenters. The van der Waals surface area contributed by atoms with Gasteiger partial charge in [0.15, 0.2) is 0 Å². The van der Waals surface area contributed by atoms with Gasteiger partial charge in [0.25, 0.3) is 0 Å². The molecule has 26 heavy (non-hydrogen) atoms. The number of rotatable bonds is 10. The first-order chi connectivity index (χ1) is 12.8. The van der Waals surface area contributed by atoms with Gasteiger partial charge in [-0.25, -0.2) is 4.98 Å². The third-order valence-electron chi connectivity index (χ3n) is 5.63. The van der Waals surface area contributed by atoms with E-state index in [0.717, 1.165) is 25.8 Å². The van der Waals surface area contributed by atoms with Crippen LogP contribution in [0.25, 0.3) is 10.4 Å². The van der Waals surface area contributed by atoms with Crippen LogP contribution in [0.2, 0.25) is 0 Å². The maximum absolute atomic E-state index is 6.02. The van der Waals surface area contributed by atoms with Crippen LogP contribution in [0.4, 0.5) is 0 Å². The van der Waals surface area contributed by atoms with E-state index in [1.807, 2.05) is 11.3 Å². The molecular formula is C23H34N2S. The van der Waals surface area contributed by atoms with Crippen LogP contribution in [-0.4, -0.2) is 11.5 Å². The Morgan fingerprint density at radius 3 is 2.69 bits per heavy atom. The third-order valence-corrected chi connectivity index (χ3v) is 6.82. The van der Waals surface area contributed by atoms with Crippen molar-refractivity contribution >= 4 is 11.3 Å². The van der Waals surface area contributed by atoms with Gasteiger partial charge in [0, 0.05) is 0 Å². The van der Waals surface area contributed by atoms with E-state index in [1.54, 1.807) is 0 Å². The fraction of sp³-hybridized carbons (Fsp3) is 0.609. The van der Waals surface area contributed by atoms with Crippen molar-refractivity contribution in [1.82, 2.24) is 4.98 Å². The molecule has 0 aliphatic heterocycles. The van der Waals surface area contributed by atoms with Crippen LogP contribution in [0.1, 0.15) is 86.5 Å². The lowest BCUT2D eigenvalue weighted by Crippen LogP contribution is -2.13. The molecule has 0 spiro atoms. The highest BCUT2D eigenvalue weighted by Gasteiger charge is 2.22. The summed E-state index contributed by atoms with van der Waals surface area (Å²) in [5, 5.41) is 1.34. The summed E-state index contributed by atoms with van der Waals surface area (Å²) < 4.78 is 0. The average Bonchev–Trinajstić information content (AvgIpc) is 3.09. The van der Waals surface area contributed by atoms with Gasteiger partial charge in [-0.1, -0.05) is 64.2 Å². The summed E-state index contributed by atoms with van der Waals surface area (Å²) >= 11 is 1.94. The van der Waals surface area contributed by atoms with Crippen molar-refractivity contribution in [1.29, 1.82) is 0 Å². The van der Waals surface area contributed by atoms with E-state index < -0.39 is 0 Å². The number of unbranched alkanes of at least 4 members (excludes halogenated alkanes) is 4. The molecule has 0 radical (unpaired) electrons. The highest BCUT2D eigenvalue weighted by molar-refractivity contribution is 7.15. The molecule has 142 valence electrons. The first-order valence-corrected chi connectivity index (χ1v) is 11.4. The van der Waals surface area contributed by atoms with E-state index >= 15 is 0 Å². The van der Waals surface area contributed by atoms with Crippen LogP contribution in [0.5, 0.6) is 0 Å². The molecule has 2 nitrogen and oxygen atoms in total. The van der Waals surface area contributed by atoms with Crippen LogP contribution >= 0.6 is 11.3 Å². The standard InChI is InChI=1S/C23H34N2S/c1-3-5-6-7-8-10-22-25-21-14-12-18-15-17(19(16-24)9-4-2)11-13-20(18)23(21)26-22/h11,13,15,19H,3-10,12,14,16,24H2,1-2H3. The molecule has 0 fully saturated rings. The smallest absolute Gasteiger partial charge is 0.0934 e. The number of thiazole rings is 1. The van der Waals surface area contributed by atoms with Gasteiger partial charge >= 0.3 is 0 Å². The van der Waals surface area contributed by atoms with Gasteiger partial charge in [0.1, 0.15) is 0 Å². The number of aromatic nitrogens is 1. The van der Waals surface area contributed by atoms with Gasteiger partial charge in [0.05, 0.1) is 15.6 Å². The molecule has 1 aliphatic carbocycles. The highest BCUT2D eigenvalue weighted by Crippen LogP contribution is 2.39. The molecule has 1 atom stereocenters. The van der Waals surface area contributed by atoms with Crippen LogP contribution in [-0.2, 0) is 19.3 Å². The fourth-order valence-electron chi connectivity index (χ4n) is 4.09. The van der Waals surface area contributed by atoms with Crippen molar-refractivity contribution in [2.24, 2.45) is 5.73 Å². The van der Waals surface area contributed by atoms with Gasteiger partial charge in [-0.3, -0.25) is 0 Å². The molecule has 0 amide bonds. The number of benzene rings is 1. The lowest BCUT2D eigenvalue weighted by atomic mass is 9.87. The minimum absolute atomic E-state index is 0.506. The number of hydrogen-bond donors (Lipinski definition) is 1. The molecule has 0 saturated carbocycles. The zero-order chi connectivity index (χ0) is 18.4. The number of nitrogens with zero attached hydrogens (tertiary/aromatic N) is 1. The molecule has 2 N–H and O–H groups in total. The Morgan fingerprint density at radius 2 is 1.92 bits per heavy atom. The summed E-state index contributed by atoms with van der Waals surface area (Å²) in [7, 11) is 0. The Morgan fingerprint density at radius 1 is 1.08 bits per heavy atom. The van der Waals surface area contributed by atoms with E-state index in [9.17, 15) is 0 Å².